The Balaban J connectivity index is -0.000000266. The number of hydrogen-bond donors (Lipinski definition) is 2. The van der Waals surface area contributed by atoms with Crippen LogP contribution in [0.15, 0.2) is 0 Å². The predicted molar refractivity (Wildman–Crippen MR) is 103 cm³/mol. The van der Waals surface area contributed by atoms with Gasteiger partial charge >= 0.3 is 0 Å². The minimum absolute atomic E-state index is 0.0903. The van der Waals surface area contributed by atoms with Crippen molar-refractivity contribution in [2.24, 2.45) is 5.73 Å². The van der Waals surface area contributed by atoms with Crippen LogP contribution in [0.4, 0.5) is 0 Å². The number of aldehydes is 2. The molecule has 0 saturated carbocycles. The summed E-state index contributed by atoms with van der Waals surface area (Å²) in [6.07, 6.45) is 5.32. The molecule has 0 atom stereocenters. The minimum Gasteiger partial charge on any atom is -0.379 e. The molecule has 7 heteroatoms. The van der Waals surface area contributed by atoms with Crippen LogP contribution in [0.3, 0.4) is 0 Å². The van der Waals surface area contributed by atoms with Gasteiger partial charge in [-0.3, -0.25) is 4.79 Å². The molecule has 0 radical (unpaired) electrons. The third kappa shape index (κ3) is 25.1. The molecule has 1 amide bonds. The summed E-state index contributed by atoms with van der Waals surface area (Å²) in [5, 5.41) is 3.16. The number of hydrogen-bond acceptors (Lipinski definition) is 6. The lowest BCUT2D eigenvalue weighted by atomic mass is 10.4. The van der Waals surface area contributed by atoms with Crippen LogP contribution in [-0.2, 0) is 19.1 Å². The van der Waals surface area contributed by atoms with Crippen molar-refractivity contribution in [2.45, 2.75) is 53.4 Å². The molecule has 2 aliphatic rings. The molecule has 0 aliphatic carbocycles. The molecule has 2 aliphatic heterocycles. The SMILES string of the molecule is C1COCCN1.CC.CCC=O.CCC=O.NCC(=O)N1CCCC1. The highest BCUT2D eigenvalue weighted by molar-refractivity contribution is 5.78. The van der Waals surface area contributed by atoms with E-state index in [1.54, 1.807) is 0 Å². The number of ether oxygens (including phenoxy) is 1. The molecule has 2 heterocycles. The number of rotatable bonds is 3. The van der Waals surface area contributed by atoms with Gasteiger partial charge < -0.3 is 30.3 Å². The third-order valence-corrected chi connectivity index (χ3v) is 2.81. The zero-order valence-electron chi connectivity index (χ0n) is 16.6. The number of nitrogens with one attached hydrogen (secondary N) is 1. The minimum atomic E-state index is 0.0903. The van der Waals surface area contributed by atoms with Crippen LogP contribution in [0.1, 0.15) is 53.4 Å². The number of morpholine rings is 1. The summed E-state index contributed by atoms with van der Waals surface area (Å²) in [5.41, 5.74) is 5.16. The highest BCUT2D eigenvalue weighted by Gasteiger charge is 2.15. The van der Waals surface area contributed by atoms with Gasteiger partial charge in [-0.05, 0) is 12.8 Å². The van der Waals surface area contributed by atoms with Gasteiger partial charge in [-0.1, -0.05) is 27.7 Å². The van der Waals surface area contributed by atoms with Crippen molar-refractivity contribution >= 4 is 18.5 Å². The summed E-state index contributed by atoms with van der Waals surface area (Å²) < 4.78 is 5.01. The molecule has 7 nitrogen and oxygen atoms in total. The Kier molecular flexibility index (Phi) is 31.4. The van der Waals surface area contributed by atoms with E-state index in [1.165, 1.54) is 0 Å². The fraction of sp³-hybridized carbons (Fsp3) is 0.833. The zero-order valence-corrected chi connectivity index (χ0v) is 16.6. The van der Waals surface area contributed by atoms with Crippen molar-refractivity contribution < 1.29 is 19.1 Å². The van der Waals surface area contributed by atoms with Crippen molar-refractivity contribution in [1.29, 1.82) is 0 Å². The quantitative estimate of drug-likeness (QED) is 0.737. The number of carbonyl (C=O) groups excluding carboxylic acids is 3. The standard InChI is InChI=1S/C6H12N2O.C4H9NO.2C3H6O.C2H6/c7-5-6(9)8-3-1-2-4-8;1-3-6-4-2-5-1;2*1-2-3-4;1-2/h1-5,7H2;5H,1-4H2;2*3H,2H2,1H3;1-2H3. The van der Waals surface area contributed by atoms with Crippen LogP contribution in [0.5, 0.6) is 0 Å². The summed E-state index contributed by atoms with van der Waals surface area (Å²) >= 11 is 0. The number of nitrogens with zero attached hydrogens (tertiary/aromatic N) is 1. The van der Waals surface area contributed by atoms with Crippen molar-refractivity contribution in [2.75, 3.05) is 45.9 Å². The largest absolute Gasteiger partial charge is 0.379 e. The molecule has 2 fully saturated rings. The van der Waals surface area contributed by atoms with Gasteiger partial charge in [0.15, 0.2) is 0 Å². The number of nitrogens with two attached hydrogens (primary N) is 1. The van der Waals surface area contributed by atoms with E-state index in [0.717, 1.165) is 64.8 Å². The summed E-state index contributed by atoms with van der Waals surface area (Å²) in [6.45, 7) is 13.5. The predicted octanol–water partition coefficient (Wildman–Crippen LogP) is 1.39. The Labute approximate surface area is 153 Å². The molecular weight excluding hydrogens is 322 g/mol. The Hall–Kier alpha value is -1.31. The molecule has 3 N–H and O–H groups in total. The lowest BCUT2D eigenvalue weighted by Crippen LogP contribution is -2.33. The summed E-state index contributed by atoms with van der Waals surface area (Å²) in [4.78, 5) is 31.0. The molecule has 0 bridgehead atoms. The smallest absolute Gasteiger partial charge is 0.236 e. The van der Waals surface area contributed by atoms with Gasteiger partial charge in [-0.25, -0.2) is 0 Å². The molecule has 0 aromatic rings. The average molecular weight is 362 g/mol. The zero-order chi connectivity index (χ0) is 19.8. The Bertz CT molecular complexity index is 260. The first kappa shape index (κ1) is 28.5. The van der Waals surface area contributed by atoms with E-state index < -0.39 is 0 Å². The van der Waals surface area contributed by atoms with Gasteiger partial charge in [0.25, 0.3) is 0 Å². The fourth-order valence-corrected chi connectivity index (χ4v) is 1.61. The van der Waals surface area contributed by atoms with Crippen LogP contribution in [-0.4, -0.2) is 69.3 Å². The number of carbonyl (C=O) groups is 3. The Morgan fingerprint density at radius 3 is 1.64 bits per heavy atom. The fourth-order valence-electron chi connectivity index (χ4n) is 1.61. The molecule has 0 unspecified atom stereocenters. The lowest BCUT2D eigenvalue weighted by Gasteiger charge is -2.12. The van der Waals surface area contributed by atoms with E-state index in [0.29, 0.717) is 12.8 Å². The van der Waals surface area contributed by atoms with Gasteiger partial charge in [0.1, 0.15) is 12.6 Å². The maximum atomic E-state index is 10.8. The second-order valence-corrected chi connectivity index (χ2v) is 4.80. The molecule has 150 valence electrons. The first-order valence-electron chi connectivity index (χ1n) is 9.31. The van der Waals surface area contributed by atoms with Crippen molar-refractivity contribution in [3.05, 3.63) is 0 Å². The molecule has 0 spiro atoms. The van der Waals surface area contributed by atoms with Crippen LogP contribution < -0.4 is 11.1 Å². The van der Waals surface area contributed by atoms with Crippen molar-refractivity contribution in [3.8, 4) is 0 Å². The van der Waals surface area contributed by atoms with Crippen LogP contribution in [0.25, 0.3) is 0 Å². The molecule has 25 heavy (non-hydrogen) atoms. The first-order valence-corrected chi connectivity index (χ1v) is 9.31. The molecule has 0 aromatic heterocycles. The normalized spacial score (nSPS) is 14.7. The van der Waals surface area contributed by atoms with E-state index in [1.807, 2.05) is 32.6 Å². The second-order valence-electron chi connectivity index (χ2n) is 4.80. The average Bonchev–Trinajstić information content (AvgIpc) is 3.26. The third-order valence-electron chi connectivity index (χ3n) is 2.81. The summed E-state index contributed by atoms with van der Waals surface area (Å²) in [6, 6.07) is 0. The highest BCUT2D eigenvalue weighted by Crippen LogP contribution is 2.05. The van der Waals surface area contributed by atoms with E-state index >= 15 is 0 Å². The van der Waals surface area contributed by atoms with Crippen molar-refractivity contribution in [1.82, 2.24) is 10.2 Å². The van der Waals surface area contributed by atoms with E-state index in [2.05, 4.69) is 5.32 Å². The van der Waals surface area contributed by atoms with E-state index in [9.17, 15) is 14.4 Å². The number of likely N-dealkylation sites (tertiary alicyclic amines) is 1. The monoisotopic (exact) mass is 361 g/mol. The maximum absolute atomic E-state index is 10.8. The second kappa shape index (κ2) is 27.5. The molecule has 2 rings (SSSR count). The first-order chi connectivity index (χ1) is 12.2. The van der Waals surface area contributed by atoms with Crippen LogP contribution in [0.2, 0.25) is 0 Å². The highest BCUT2D eigenvalue weighted by atomic mass is 16.5. The summed E-state index contributed by atoms with van der Waals surface area (Å²) in [7, 11) is 0. The van der Waals surface area contributed by atoms with Crippen LogP contribution >= 0.6 is 0 Å². The van der Waals surface area contributed by atoms with Gasteiger partial charge in [0, 0.05) is 39.0 Å². The van der Waals surface area contributed by atoms with Gasteiger partial charge in [-0.2, -0.15) is 0 Å². The van der Waals surface area contributed by atoms with Gasteiger partial charge in [0.2, 0.25) is 5.91 Å². The van der Waals surface area contributed by atoms with Crippen molar-refractivity contribution in [3.63, 3.8) is 0 Å². The van der Waals surface area contributed by atoms with Crippen LogP contribution in [0, 0.1) is 0 Å². The maximum Gasteiger partial charge on any atom is 0.236 e. The summed E-state index contributed by atoms with van der Waals surface area (Å²) in [5.74, 6) is 0.0903. The Morgan fingerprint density at radius 1 is 1.04 bits per heavy atom. The molecular formula is C18H39N3O4. The number of amides is 1. The Morgan fingerprint density at radius 2 is 1.44 bits per heavy atom. The lowest BCUT2D eigenvalue weighted by molar-refractivity contribution is -0.128. The molecule has 0 aromatic carbocycles. The molecule has 2 saturated heterocycles. The van der Waals surface area contributed by atoms with E-state index in [4.69, 9.17) is 10.5 Å². The van der Waals surface area contributed by atoms with Gasteiger partial charge in [0.05, 0.1) is 19.8 Å². The van der Waals surface area contributed by atoms with Gasteiger partial charge in [-0.15, -0.1) is 0 Å². The topological polar surface area (TPSA) is 102 Å². The van der Waals surface area contributed by atoms with E-state index in [-0.39, 0.29) is 12.5 Å².